The van der Waals surface area contributed by atoms with Crippen LogP contribution in [-0.4, -0.2) is 23.3 Å². The van der Waals surface area contributed by atoms with Crippen LogP contribution in [0.2, 0.25) is 0 Å². The Hall–Kier alpha value is -2.76. The minimum Gasteiger partial charge on any atom is -0.494 e. The fourth-order valence-corrected chi connectivity index (χ4v) is 2.62. The number of benzene rings is 2. The Morgan fingerprint density at radius 3 is 2.46 bits per heavy atom. The SMILES string of the molecule is CCOc1ccc2c(-c3ccccc3)cn(C(=O)C(F)(F)F)c2c1. The summed E-state index contributed by atoms with van der Waals surface area (Å²) in [6, 6.07) is 13.8. The summed E-state index contributed by atoms with van der Waals surface area (Å²) in [5.74, 6) is -1.51. The highest BCUT2D eigenvalue weighted by Crippen LogP contribution is 2.34. The third kappa shape index (κ3) is 2.87. The lowest BCUT2D eigenvalue weighted by Gasteiger charge is -2.08. The summed E-state index contributed by atoms with van der Waals surface area (Å²) in [5, 5.41) is 0.558. The lowest BCUT2D eigenvalue weighted by molar-refractivity contribution is -0.0942. The van der Waals surface area contributed by atoms with Crippen molar-refractivity contribution in [1.82, 2.24) is 4.57 Å². The first kappa shape index (κ1) is 16.1. The predicted octanol–water partition coefficient (Wildman–Crippen LogP) is 4.91. The lowest BCUT2D eigenvalue weighted by atomic mass is 10.1. The van der Waals surface area contributed by atoms with Gasteiger partial charge in [-0.2, -0.15) is 13.2 Å². The zero-order valence-electron chi connectivity index (χ0n) is 12.8. The van der Waals surface area contributed by atoms with Crippen LogP contribution >= 0.6 is 0 Å². The fraction of sp³-hybridized carbons (Fsp3) is 0.167. The van der Waals surface area contributed by atoms with E-state index in [1.165, 1.54) is 12.3 Å². The monoisotopic (exact) mass is 333 g/mol. The van der Waals surface area contributed by atoms with Gasteiger partial charge in [-0.25, -0.2) is 0 Å². The van der Waals surface area contributed by atoms with Crippen LogP contribution in [-0.2, 0) is 0 Å². The number of alkyl halides is 3. The smallest absolute Gasteiger partial charge is 0.472 e. The van der Waals surface area contributed by atoms with E-state index in [0.29, 0.717) is 27.9 Å². The molecule has 0 aliphatic rings. The van der Waals surface area contributed by atoms with Crippen molar-refractivity contribution < 1.29 is 22.7 Å². The van der Waals surface area contributed by atoms with E-state index in [-0.39, 0.29) is 5.52 Å². The number of nitrogens with zero attached hydrogens (tertiary/aromatic N) is 1. The van der Waals surface area contributed by atoms with E-state index < -0.39 is 12.1 Å². The predicted molar refractivity (Wildman–Crippen MR) is 85.2 cm³/mol. The zero-order chi connectivity index (χ0) is 17.3. The van der Waals surface area contributed by atoms with E-state index in [9.17, 15) is 18.0 Å². The van der Waals surface area contributed by atoms with Gasteiger partial charge in [0.1, 0.15) is 5.75 Å². The van der Waals surface area contributed by atoms with Crippen molar-refractivity contribution in [2.45, 2.75) is 13.1 Å². The first-order valence-electron chi connectivity index (χ1n) is 7.36. The number of carbonyl (C=O) groups is 1. The minimum absolute atomic E-state index is 0.169. The normalized spacial score (nSPS) is 11.7. The highest BCUT2D eigenvalue weighted by molar-refractivity contribution is 6.03. The Bertz CT molecular complexity index is 882. The third-order valence-corrected chi connectivity index (χ3v) is 3.63. The Kier molecular flexibility index (Phi) is 4.05. The first-order valence-corrected chi connectivity index (χ1v) is 7.36. The Labute approximate surface area is 136 Å². The first-order chi connectivity index (χ1) is 11.4. The number of rotatable bonds is 3. The van der Waals surface area contributed by atoms with Crippen LogP contribution in [0.5, 0.6) is 5.75 Å². The standard InChI is InChI=1S/C18H14F3NO2/c1-2-24-13-8-9-14-15(12-6-4-3-5-7-12)11-22(16(14)10-13)17(23)18(19,20)21/h3-11H,2H2,1H3. The molecule has 6 heteroatoms. The molecule has 0 amide bonds. The van der Waals surface area contributed by atoms with Crippen molar-refractivity contribution >= 4 is 16.8 Å². The van der Waals surface area contributed by atoms with Crippen molar-refractivity contribution in [3.63, 3.8) is 0 Å². The molecule has 0 fully saturated rings. The van der Waals surface area contributed by atoms with E-state index in [1.54, 1.807) is 43.3 Å². The van der Waals surface area contributed by atoms with Gasteiger partial charge in [0.15, 0.2) is 0 Å². The van der Waals surface area contributed by atoms with Crippen LogP contribution < -0.4 is 4.74 Å². The molecule has 3 rings (SSSR count). The molecule has 124 valence electrons. The van der Waals surface area contributed by atoms with Crippen LogP contribution in [0.4, 0.5) is 13.2 Å². The number of hydrogen-bond donors (Lipinski definition) is 0. The number of fused-ring (bicyclic) bond motifs is 1. The third-order valence-electron chi connectivity index (χ3n) is 3.63. The molecule has 0 atom stereocenters. The Balaban J connectivity index is 2.26. The summed E-state index contributed by atoms with van der Waals surface area (Å²) in [5.41, 5.74) is 1.47. The second kappa shape index (κ2) is 6.03. The number of carbonyl (C=O) groups excluding carboxylic acids is 1. The van der Waals surface area contributed by atoms with Gasteiger partial charge in [0, 0.05) is 23.2 Å². The van der Waals surface area contributed by atoms with Gasteiger partial charge < -0.3 is 4.74 Å². The van der Waals surface area contributed by atoms with Crippen molar-refractivity contribution in [2.24, 2.45) is 0 Å². The van der Waals surface area contributed by atoms with Crippen LogP contribution in [0.25, 0.3) is 22.0 Å². The van der Waals surface area contributed by atoms with Gasteiger partial charge in [0.05, 0.1) is 12.1 Å². The lowest BCUT2D eigenvalue weighted by Crippen LogP contribution is -2.28. The summed E-state index contributed by atoms with van der Waals surface area (Å²) in [6.45, 7) is 2.16. The largest absolute Gasteiger partial charge is 0.494 e. The molecule has 3 nitrogen and oxygen atoms in total. The molecule has 0 bridgehead atoms. The van der Waals surface area contributed by atoms with Gasteiger partial charge in [-0.1, -0.05) is 30.3 Å². The summed E-state index contributed by atoms with van der Waals surface area (Å²) in [4.78, 5) is 11.8. The molecular formula is C18H14F3NO2. The molecule has 1 heterocycles. The molecule has 0 radical (unpaired) electrons. The van der Waals surface area contributed by atoms with Crippen molar-refractivity contribution in [3.8, 4) is 16.9 Å². The molecule has 0 aliphatic carbocycles. The van der Waals surface area contributed by atoms with Crippen LogP contribution in [0.1, 0.15) is 11.7 Å². The Morgan fingerprint density at radius 1 is 1.12 bits per heavy atom. The molecule has 2 aromatic carbocycles. The molecule has 0 aliphatic heterocycles. The molecule has 0 spiro atoms. The fourth-order valence-electron chi connectivity index (χ4n) is 2.62. The molecule has 3 aromatic rings. The molecule has 0 saturated heterocycles. The highest BCUT2D eigenvalue weighted by atomic mass is 19.4. The number of ether oxygens (including phenoxy) is 1. The van der Waals surface area contributed by atoms with E-state index in [4.69, 9.17) is 4.74 Å². The number of hydrogen-bond acceptors (Lipinski definition) is 2. The molecule has 0 unspecified atom stereocenters. The number of aromatic nitrogens is 1. The zero-order valence-corrected chi connectivity index (χ0v) is 12.8. The van der Waals surface area contributed by atoms with Gasteiger partial charge in [0.25, 0.3) is 0 Å². The molecular weight excluding hydrogens is 319 g/mol. The maximum absolute atomic E-state index is 12.9. The topological polar surface area (TPSA) is 31.2 Å². The highest BCUT2D eigenvalue weighted by Gasteiger charge is 2.40. The van der Waals surface area contributed by atoms with E-state index in [1.807, 2.05) is 6.07 Å². The van der Waals surface area contributed by atoms with Gasteiger partial charge in [-0.05, 0) is 24.6 Å². The minimum atomic E-state index is -4.96. The average molecular weight is 333 g/mol. The second-order valence-electron chi connectivity index (χ2n) is 5.19. The van der Waals surface area contributed by atoms with Crippen LogP contribution in [0.3, 0.4) is 0 Å². The van der Waals surface area contributed by atoms with Crippen molar-refractivity contribution in [2.75, 3.05) is 6.61 Å². The molecule has 24 heavy (non-hydrogen) atoms. The number of halogens is 3. The molecule has 0 saturated carbocycles. The summed E-state index contributed by atoms with van der Waals surface area (Å²) in [6.07, 6.45) is -3.73. The second-order valence-corrected chi connectivity index (χ2v) is 5.19. The average Bonchev–Trinajstić information content (AvgIpc) is 2.93. The van der Waals surface area contributed by atoms with Crippen molar-refractivity contribution in [3.05, 3.63) is 54.7 Å². The van der Waals surface area contributed by atoms with Gasteiger partial charge in [0.2, 0.25) is 0 Å². The van der Waals surface area contributed by atoms with E-state index >= 15 is 0 Å². The molecule has 1 aromatic heterocycles. The quantitative estimate of drug-likeness (QED) is 0.682. The summed E-state index contributed by atoms with van der Waals surface area (Å²) >= 11 is 0. The van der Waals surface area contributed by atoms with Gasteiger partial charge in [-0.15, -0.1) is 0 Å². The maximum atomic E-state index is 12.9. The maximum Gasteiger partial charge on any atom is 0.472 e. The van der Waals surface area contributed by atoms with Crippen molar-refractivity contribution in [1.29, 1.82) is 0 Å². The summed E-state index contributed by atoms with van der Waals surface area (Å²) in [7, 11) is 0. The van der Waals surface area contributed by atoms with Gasteiger partial charge in [-0.3, -0.25) is 9.36 Å². The van der Waals surface area contributed by atoms with E-state index in [0.717, 1.165) is 5.56 Å². The van der Waals surface area contributed by atoms with Crippen LogP contribution in [0, 0.1) is 0 Å². The Morgan fingerprint density at radius 2 is 1.83 bits per heavy atom. The van der Waals surface area contributed by atoms with Crippen LogP contribution in [0.15, 0.2) is 54.7 Å². The van der Waals surface area contributed by atoms with E-state index in [2.05, 4.69) is 0 Å². The summed E-state index contributed by atoms with van der Waals surface area (Å²) < 4.78 is 44.7. The molecule has 0 N–H and O–H groups in total. The van der Waals surface area contributed by atoms with Gasteiger partial charge >= 0.3 is 12.1 Å².